The van der Waals surface area contributed by atoms with E-state index in [1.807, 2.05) is 13.8 Å². The number of hydrogen-bond acceptors (Lipinski definition) is 3. The van der Waals surface area contributed by atoms with Crippen LogP contribution in [0.5, 0.6) is 0 Å². The summed E-state index contributed by atoms with van der Waals surface area (Å²) in [5, 5.41) is 11.6. The molecule has 0 bridgehead atoms. The van der Waals surface area contributed by atoms with Crippen molar-refractivity contribution in [2.75, 3.05) is 13.7 Å². The molecule has 1 aromatic rings. The van der Waals surface area contributed by atoms with Gasteiger partial charge in [-0.05, 0) is 40.0 Å². The van der Waals surface area contributed by atoms with Gasteiger partial charge in [-0.2, -0.15) is 0 Å². The molecular formula is C14H18BrNO4. The smallest absolute Gasteiger partial charge is 0.335 e. The number of amides is 1. The summed E-state index contributed by atoms with van der Waals surface area (Å²) in [5.41, 5.74) is 0.527. The van der Waals surface area contributed by atoms with Gasteiger partial charge < -0.3 is 15.2 Å². The van der Waals surface area contributed by atoms with Crippen LogP contribution in [0.3, 0.4) is 0 Å². The maximum absolute atomic E-state index is 12.0. The van der Waals surface area contributed by atoms with Gasteiger partial charge in [-0.1, -0.05) is 13.8 Å². The van der Waals surface area contributed by atoms with Crippen LogP contribution in [-0.4, -0.2) is 36.7 Å². The topological polar surface area (TPSA) is 75.6 Å². The lowest BCUT2D eigenvalue weighted by molar-refractivity contribution is 0.0604. The summed E-state index contributed by atoms with van der Waals surface area (Å²) in [6, 6.07) is 4.30. The van der Waals surface area contributed by atoms with E-state index in [-0.39, 0.29) is 23.5 Å². The zero-order valence-electron chi connectivity index (χ0n) is 11.6. The molecule has 0 spiro atoms. The molecule has 110 valence electrons. The maximum atomic E-state index is 12.0. The van der Waals surface area contributed by atoms with Crippen LogP contribution in [0.25, 0.3) is 0 Å². The molecule has 0 saturated heterocycles. The summed E-state index contributed by atoms with van der Waals surface area (Å²) in [4.78, 5) is 22.9. The molecule has 1 unspecified atom stereocenters. The molecule has 1 amide bonds. The summed E-state index contributed by atoms with van der Waals surface area (Å²) in [6.45, 7) is 4.43. The number of aromatic carboxylic acids is 1. The lowest BCUT2D eigenvalue weighted by atomic mass is 10.1. The van der Waals surface area contributed by atoms with Crippen LogP contribution in [0, 0.1) is 5.92 Å². The van der Waals surface area contributed by atoms with Gasteiger partial charge in [0, 0.05) is 18.1 Å². The zero-order chi connectivity index (χ0) is 15.3. The molecule has 6 heteroatoms. The molecule has 5 nitrogen and oxygen atoms in total. The van der Waals surface area contributed by atoms with Gasteiger partial charge in [0.1, 0.15) is 0 Å². The first kappa shape index (κ1) is 16.7. The lowest BCUT2D eigenvalue weighted by Gasteiger charge is -2.19. The minimum absolute atomic E-state index is 0.0592. The molecule has 0 fully saturated rings. The summed E-state index contributed by atoms with van der Waals surface area (Å²) >= 11 is 3.21. The first-order valence-electron chi connectivity index (χ1n) is 6.20. The third kappa shape index (κ3) is 4.31. The molecule has 20 heavy (non-hydrogen) atoms. The van der Waals surface area contributed by atoms with Gasteiger partial charge in [0.15, 0.2) is 0 Å². The van der Waals surface area contributed by atoms with E-state index >= 15 is 0 Å². The Balaban J connectivity index is 2.75. The number of methoxy groups -OCH3 is 1. The zero-order valence-corrected chi connectivity index (χ0v) is 13.2. The quantitative estimate of drug-likeness (QED) is 0.832. The van der Waals surface area contributed by atoms with E-state index < -0.39 is 5.97 Å². The van der Waals surface area contributed by atoms with E-state index in [0.29, 0.717) is 16.6 Å². The molecule has 1 aromatic carbocycles. The van der Waals surface area contributed by atoms with Crippen molar-refractivity contribution in [3.63, 3.8) is 0 Å². The van der Waals surface area contributed by atoms with Gasteiger partial charge in [0.25, 0.3) is 5.91 Å². The van der Waals surface area contributed by atoms with E-state index in [4.69, 9.17) is 9.84 Å². The Bertz CT molecular complexity index is 502. The molecule has 0 aliphatic rings. The summed E-state index contributed by atoms with van der Waals surface area (Å²) in [6.07, 6.45) is -0.0592. The average Bonchev–Trinajstić information content (AvgIpc) is 2.38. The molecule has 0 heterocycles. The monoisotopic (exact) mass is 343 g/mol. The normalized spacial score (nSPS) is 12.2. The van der Waals surface area contributed by atoms with E-state index in [1.165, 1.54) is 18.2 Å². The molecule has 0 aliphatic carbocycles. The fourth-order valence-electron chi connectivity index (χ4n) is 1.71. The number of hydrogen-bond donors (Lipinski definition) is 2. The van der Waals surface area contributed by atoms with E-state index in [9.17, 15) is 9.59 Å². The highest BCUT2D eigenvalue weighted by Crippen LogP contribution is 2.19. The van der Waals surface area contributed by atoms with Crippen molar-refractivity contribution < 1.29 is 19.4 Å². The average molecular weight is 344 g/mol. The van der Waals surface area contributed by atoms with Crippen LogP contribution in [0.4, 0.5) is 0 Å². The number of carboxylic acid groups (broad SMARTS) is 1. The lowest BCUT2D eigenvalue weighted by Crippen LogP contribution is -2.36. The van der Waals surface area contributed by atoms with Gasteiger partial charge in [0.05, 0.1) is 17.2 Å². The van der Waals surface area contributed by atoms with Crippen molar-refractivity contribution in [1.82, 2.24) is 5.32 Å². The number of carbonyl (C=O) groups excluding carboxylic acids is 1. The molecule has 0 aromatic heterocycles. The summed E-state index contributed by atoms with van der Waals surface area (Å²) < 4.78 is 5.73. The van der Waals surface area contributed by atoms with E-state index in [0.717, 1.165) is 0 Å². The Hall–Kier alpha value is -1.40. The van der Waals surface area contributed by atoms with Crippen LogP contribution in [0.15, 0.2) is 22.7 Å². The van der Waals surface area contributed by atoms with Crippen molar-refractivity contribution in [3.05, 3.63) is 33.8 Å². The number of carboxylic acids is 1. The van der Waals surface area contributed by atoms with Gasteiger partial charge in [-0.15, -0.1) is 0 Å². The predicted octanol–water partition coefficient (Wildman–Crippen LogP) is 2.55. The third-order valence-electron chi connectivity index (χ3n) is 2.97. The highest BCUT2D eigenvalue weighted by Gasteiger charge is 2.16. The van der Waals surface area contributed by atoms with Crippen LogP contribution in [0.1, 0.15) is 34.6 Å². The predicted molar refractivity (Wildman–Crippen MR) is 79.1 cm³/mol. The Kier molecular flexibility index (Phi) is 6.16. The van der Waals surface area contributed by atoms with Gasteiger partial charge in [-0.3, -0.25) is 4.79 Å². The Labute approximate surface area is 126 Å². The number of rotatable bonds is 6. The second-order valence-corrected chi connectivity index (χ2v) is 5.58. The highest BCUT2D eigenvalue weighted by molar-refractivity contribution is 9.10. The Morgan fingerprint density at radius 3 is 2.50 bits per heavy atom. The number of ether oxygens (including phenoxy) is 1. The van der Waals surface area contributed by atoms with Crippen LogP contribution in [0.2, 0.25) is 0 Å². The van der Waals surface area contributed by atoms with E-state index in [1.54, 1.807) is 7.11 Å². The molecule has 0 aliphatic heterocycles. The minimum atomic E-state index is -1.03. The molecule has 1 atom stereocenters. The number of halogens is 1. The third-order valence-corrected chi connectivity index (χ3v) is 3.63. The van der Waals surface area contributed by atoms with Gasteiger partial charge in [-0.25, -0.2) is 4.79 Å². The summed E-state index contributed by atoms with van der Waals surface area (Å²) in [5.74, 6) is -1.01. The number of benzene rings is 1. The van der Waals surface area contributed by atoms with Crippen molar-refractivity contribution in [2.24, 2.45) is 5.92 Å². The number of nitrogens with one attached hydrogen (secondary N) is 1. The van der Waals surface area contributed by atoms with Crippen molar-refractivity contribution in [1.29, 1.82) is 0 Å². The fraction of sp³-hybridized carbons (Fsp3) is 0.429. The fourth-order valence-corrected chi connectivity index (χ4v) is 2.27. The van der Waals surface area contributed by atoms with Gasteiger partial charge in [0.2, 0.25) is 0 Å². The highest BCUT2D eigenvalue weighted by atomic mass is 79.9. The second-order valence-electron chi connectivity index (χ2n) is 4.73. The maximum Gasteiger partial charge on any atom is 0.335 e. The SMILES string of the molecule is COC(CNC(=O)c1ccc(C(=O)O)cc1Br)C(C)C. The first-order valence-corrected chi connectivity index (χ1v) is 7.00. The molecular weight excluding hydrogens is 326 g/mol. The largest absolute Gasteiger partial charge is 0.478 e. The van der Waals surface area contributed by atoms with Crippen LogP contribution < -0.4 is 5.32 Å². The number of carbonyl (C=O) groups is 2. The molecule has 1 rings (SSSR count). The minimum Gasteiger partial charge on any atom is -0.478 e. The van der Waals surface area contributed by atoms with Crippen molar-refractivity contribution in [3.8, 4) is 0 Å². The standard InChI is InChI=1S/C14H18BrNO4/c1-8(2)12(20-3)7-16-13(17)10-5-4-9(14(18)19)6-11(10)15/h4-6,8,12H,7H2,1-3H3,(H,16,17)(H,18,19). The molecule has 2 N–H and O–H groups in total. The Morgan fingerprint density at radius 2 is 2.05 bits per heavy atom. The van der Waals surface area contributed by atoms with Crippen LogP contribution in [-0.2, 0) is 4.74 Å². The van der Waals surface area contributed by atoms with Crippen LogP contribution >= 0.6 is 15.9 Å². The van der Waals surface area contributed by atoms with Crippen molar-refractivity contribution in [2.45, 2.75) is 20.0 Å². The second kappa shape index (κ2) is 7.40. The molecule has 0 radical (unpaired) electrons. The van der Waals surface area contributed by atoms with Gasteiger partial charge >= 0.3 is 5.97 Å². The first-order chi connectivity index (χ1) is 9.36. The molecule has 0 saturated carbocycles. The summed E-state index contributed by atoms with van der Waals surface area (Å²) in [7, 11) is 1.61. The van der Waals surface area contributed by atoms with E-state index in [2.05, 4.69) is 21.2 Å². The Morgan fingerprint density at radius 1 is 1.40 bits per heavy atom. The van der Waals surface area contributed by atoms with Crippen molar-refractivity contribution >= 4 is 27.8 Å².